The van der Waals surface area contributed by atoms with Crippen LogP contribution in [-0.2, 0) is 15.3 Å². The third kappa shape index (κ3) is 5.66. The SMILES string of the molecule is COc1cc(O)c2c(c1C)C(=O)OC[C@H](CCl)CCC(=O)N[C@H](c1nc(C)no1)CSC2. The molecule has 0 aliphatic carbocycles. The molecule has 174 valence electrons. The topological polar surface area (TPSA) is 124 Å². The van der Waals surface area contributed by atoms with Gasteiger partial charge in [-0.15, -0.1) is 11.6 Å². The molecule has 9 nitrogen and oxygen atoms in total. The van der Waals surface area contributed by atoms with Crippen LogP contribution in [0.15, 0.2) is 10.6 Å². The summed E-state index contributed by atoms with van der Waals surface area (Å²) in [6.45, 7) is 3.51. The van der Waals surface area contributed by atoms with Gasteiger partial charge in [0.2, 0.25) is 11.8 Å². The zero-order chi connectivity index (χ0) is 23.3. The van der Waals surface area contributed by atoms with Gasteiger partial charge in [-0.2, -0.15) is 16.7 Å². The minimum atomic E-state index is -0.562. The summed E-state index contributed by atoms with van der Waals surface area (Å²) in [7, 11) is 1.47. The van der Waals surface area contributed by atoms with E-state index < -0.39 is 12.0 Å². The molecule has 1 aromatic carbocycles. The number of fused-ring (bicyclic) bond motifs is 1. The van der Waals surface area contributed by atoms with Crippen molar-refractivity contribution in [2.24, 2.45) is 5.92 Å². The Labute approximate surface area is 195 Å². The predicted octanol–water partition coefficient (Wildman–Crippen LogP) is 3.30. The predicted molar refractivity (Wildman–Crippen MR) is 119 cm³/mol. The van der Waals surface area contributed by atoms with Crippen molar-refractivity contribution in [2.45, 2.75) is 38.5 Å². The Hall–Kier alpha value is -2.46. The van der Waals surface area contributed by atoms with Crippen LogP contribution in [0.2, 0.25) is 0 Å². The van der Waals surface area contributed by atoms with Gasteiger partial charge < -0.3 is 24.4 Å². The molecule has 1 aromatic heterocycles. The number of hydrogen-bond acceptors (Lipinski definition) is 9. The summed E-state index contributed by atoms with van der Waals surface area (Å²) in [5, 5.41) is 17.4. The standard InChI is InChI=1S/C21H26ClN3O6S/c1-11-17(29-3)6-16(26)14-9-32-10-15(20-23-12(2)25-31-20)24-18(27)5-4-13(7-22)8-30-21(28)19(11)14/h6,13,15,26H,4-5,7-10H2,1-3H3,(H,24,27)/t13-,15-/m0/s1. The second-order valence-electron chi connectivity index (χ2n) is 7.55. The Morgan fingerprint density at radius 1 is 1.38 bits per heavy atom. The number of aryl methyl sites for hydroxylation is 1. The van der Waals surface area contributed by atoms with E-state index in [-0.39, 0.29) is 42.0 Å². The molecule has 0 radical (unpaired) electrons. The van der Waals surface area contributed by atoms with Crippen molar-refractivity contribution in [3.05, 3.63) is 34.5 Å². The molecule has 0 fully saturated rings. The van der Waals surface area contributed by atoms with Gasteiger partial charge >= 0.3 is 5.97 Å². The second-order valence-corrected chi connectivity index (χ2v) is 8.89. The van der Waals surface area contributed by atoms with Crippen LogP contribution in [0.3, 0.4) is 0 Å². The van der Waals surface area contributed by atoms with Crippen molar-refractivity contribution in [1.82, 2.24) is 15.5 Å². The number of hydrogen-bond donors (Lipinski definition) is 2. The number of benzene rings is 1. The molecule has 32 heavy (non-hydrogen) atoms. The number of nitrogens with zero attached hydrogens (tertiary/aromatic N) is 2. The zero-order valence-corrected chi connectivity index (χ0v) is 19.7. The molecule has 2 N–H and O–H groups in total. The lowest BCUT2D eigenvalue weighted by molar-refractivity contribution is -0.122. The molecule has 1 aliphatic heterocycles. The number of aromatic hydroxyl groups is 1. The quantitative estimate of drug-likeness (QED) is 0.499. The molecular weight excluding hydrogens is 458 g/mol. The summed E-state index contributed by atoms with van der Waals surface area (Å²) < 4.78 is 16.1. The number of methoxy groups -OCH3 is 1. The highest BCUT2D eigenvalue weighted by atomic mass is 35.5. The minimum absolute atomic E-state index is 0.0614. The molecule has 0 bridgehead atoms. The van der Waals surface area contributed by atoms with Crippen molar-refractivity contribution < 1.29 is 28.7 Å². The summed E-state index contributed by atoms with van der Waals surface area (Å²) in [6.07, 6.45) is 0.661. The maximum absolute atomic E-state index is 13.0. The van der Waals surface area contributed by atoms with E-state index in [0.717, 1.165) is 0 Å². The fourth-order valence-electron chi connectivity index (χ4n) is 3.41. The minimum Gasteiger partial charge on any atom is -0.507 e. The number of alkyl halides is 1. The van der Waals surface area contributed by atoms with Gasteiger partial charge in [0.25, 0.3) is 0 Å². The number of rotatable bonds is 3. The van der Waals surface area contributed by atoms with Crippen LogP contribution in [0.25, 0.3) is 0 Å². The molecule has 0 unspecified atom stereocenters. The molecule has 0 spiro atoms. The average Bonchev–Trinajstić information content (AvgIpc) is 3.20. The fourth-order valence-corrected chi connectivity index (χ4v) is 4.73. The van der Waals surface area contributed by atoms with E-state index >= 15 is 0 Å². The van der Waals surface area contributed by atoms with Crippen LogP contribution in [0.4, 0.5) is 0 Å². The van der Waals surface area contributed by atoms with Gasteiger partial charge in [-0.25, -0.2) is 4.79 Å². The first-order chi connectivity index (χ1) is 15.3. The van der Waals surface area contributed by atoms with Crippen LogP contribution >= 0.6 is 23.4 Å². The smallest absolute Gasteiger partial charge is 0.338 e. The molecule has 1 aliphatic rings. The molecule has 2 atom stereocenters. The third-order valence-corrected chi connectivity index (χ3v) is 6.70. The number of nitrogens with one attached hydrogen (secondary N) is 1. The summed E-state index contributed by atoms with van der Waals surface area (Å²) in [5.41, 5.74) is 1.29. The van der Waals surface area contributed by atoms with Gasteiger partial charge in [-0.1, -0.05) is 5.16 Å². The summed E-state index contributed by atoms with van der Waals surface area (Å²) in [6, 6.07) is 0.968. The highest BCUT2D eigenvalue weighted by Gasteiger charge is 2.27. The summed E-state index contributed by atoms with van der Waals surface area (Å²) in [5.74, 6) is 1.07. The van der Waals surface area contributed by atoms with E-state index in [2.05, 4.69) is 15.5 Å². The van der Waals surface area contributed by atoms with E-state index in [1.807, 2.05) is 0 Å². The van der Waals surface area contributed by atoms with Gasteiger partial charge in [0.15, 0.2) is 5.82 Å². The lowest BCUT2D eigenvalue weighted by Gasteiger charge is -2.21. The van der Waals surface area contributed by atoms with Crippen LogP contribution in [-0.4, -0.2) is 52.5 Å². The van der Waals surface area contributed by atoms with E-state index in [1.54, 1.807) is 13.8 Å². The van der Waals surface area contributed by atoms with Crippen molar-refractivity contribution in [3.63, 3.8) is 0 Å². The van der Waals surface area contributed by atoms with Crippen LogP contribution < -0.4 is 10.1 Å². The Kier molecular flexibility index (Phi) is 8.25. The number of phenolic OH excluding ortho intramolecular Hbond substituents is 1. The molecule has 3 rings (SSSR count). The van der Waals surface area contributed by atoms with Gasteiger partial charge in [-0.3, -0.25) is 4.79 Å². The van der Waals surface area contributed by atoms with Crippen molar-refractivity contribution >= 4 is 35.2 Å². The normalized spacial score (nSPS) is 20.6. The average molecular weight is 484 g/mol. The van der Waals surface area contributed by atoms with Gasteiger partial charge in [0, 0.05) is 46.9 Å². The number of carbonyl (C=O) groups is 2. The first-order valence-electron chi connectivity index (χ1n) is 10.1. The Balaban J connectivity index is 1.96. The largest absolute Gasteiger partial charge is 0.507 e. The van der Waals surface area contributed by atoms with E-state index in [1.165, 1.54) is 24.9 Å². The maximum atomic E-state index is 13.0. The molecule has 0 saturated heterocycles. The molecular formula is C21H26ClN3O6S. The highest BCUT2D eigenvalue weighted by molar-refractivity contribution is 7.98. The Morgan fingerprint density at radius 2 is 2.16 bits per heavy atom. The number of esters is 1. The van der Waals surface area contributed by atoms with E-state index in [4.69, 9.17) is 25.6 Å². The van der Waals surface area contributed by atoms with E-state index in [0.29, 0.717) is 46.5 Å². The zero-order valence-electron chi connectivity index (χ0n) is 18.1. The molecule has 1 amide bonds. The highest BCUT2D eigenvalue weighted by Crippen LogP contribution is 2.36. The molecule has 0 saturated carbocycles. The number of carbonyl (C=O) groups excluding carboxylic acids is 2. The number of amides is 1. The van der Waals surface area contributed by atoms with Crippen LogP contribution in [0.1, 0.15) is 52.1 Å². The fraction of sp³-hybridized carbons (Fsp3) is 0.524. The second kappa shape index (κ2) is 10.9. The van der Waals surface area contributed by atoms with Gasteiger partial charge in [-0.05, 0) is 20.3 Å². The van der Waals surface area contributed by atoms with Crippen LogP contribution in [0.5, 0.6) is 11.5 Å². The summed E-state index contributed by atoms with van der Waals surface area (Å²) >= 11 is 7.45. The monoisotopic (exact) mass is 483 g/mol. The third-order valence-electron chi connectivity index (χ3n) is 5.20. The lowest BCUT2D eigenvalue weighted by atomic mass is 10.0. The van der Waals surface area contributed by atoms with Crippen molar-refractivity contribution in [1.29, 1.82) is 0 Å². The first kappa shape index (κ1) is 24.2. The molecule has 11 heteroatoms. The van der Waals surface area contributed by atoms with Crippen molar-refractivity contribution in [3.8, 4) is 11.5 Å². The first-order valence-corrected chi connectivity index (χ1v) is 11.8. The van der Waals surface area contributed by atoms with Crippen LogP contribution in [0, 0.1) is 19.8 Å². The number of aromatic nitrogens is 2. The number of cyclic esters (lactones) is 1. The lowest BCUT2D eigenvalue weighted by Crippen LogP contribution is -2.31. The Bertz CT molecular complexity index is 983. The number of ether oxygens (including phenoxy) is 2. The van der Waals surface area contributed by atoms with Gasteiger partial charge in [0.05, 0.1) is 19.3 Å². The summed E-state index contributed by atoms with van der Waals surface area (Å²) in [4.78, 5) is 29.7. The molecule has 2 aromatic rings. The molecule has 2 heterocycles. The van der Waals surface area contributed by atoms with Gasteiger partial charge in [0.1, 0.15) is 17.5 Å². The number of halogens is 1. The van der Waals surface area contributed by atoms with E-state index in [9.17, 15) is 14.7 Å². The Morgan fingerprint density at radius 3 is 2.81 bits per heavy atom. The number of thioether (sulfide) groups is 1. The number of phenols is 1. The van der Waals surface area contributed by atoms with Crippen molar-refractivity contribution in [2.75, 3.05) is 25.3 Å². The maximum Gasteiger partial charge on any atom is 0.338 e.